The molecule has 160 valence electrons. The number of hydrogen-bond acceptors (Lipinski definition) is 8. The number of furan rings is 1. The van der Waals surface area contributed by atoms with Crippen LogP contribution < -0.4 is 5.32 Å². The third-order valence-electron chi connectivity index (χ3n) is 5.14. The molecule has 4 rings (SSSR count). The summed E-state index contributed by atoms with van der Waals surface area (Å²) < 4.78 is 10.7. The van der Waals surface area contributed by atoms with Crippen molar-refractivity contribution in [3.05, 3.63) is 45.0 Å². The molecule has 1 unspecified atom stereocenters. The summed E-state index contributed by atoms with van der Waals surface area (Å²) in [5.41, 5.74) is 1.75. The number of nitrogens with one attached hydrogen (secondary N) is 1. The van der Waals surface area contributed by atoms with Gasteiger partial charge in [0, 0.05) is 9.75 Å². The highest BCUT2D eigenvalue weighted by atomic mass is 32.1. The summed E-state index contributed by atoms with van der Waals surface area (Å²) in [5.74, 6) is -0.573. The maximum Gasteiger partial charge on any atom is 0.358 e. The fourth-order valence-electron chi connectivity index (χ4n) is 3.52. The maximum atomic E-state index is 12.7. The number of nitrogens with zero attached hydrogens (tertiary/aromatic N) is 2. The van der Waals surface area contributed by atoms with E-state index in [9.17, 15) is 14.9 Å². The summed E-state index contributed by atoms with van der Waals surface area (Å²) in [6.07, 6.45) is 5.58. The summed E-state index contributed by atoms with van der Waals surface area (Å²) >= 11 is 2.77. The molecule has 3 aromatic heterocycles. The number of hydrogen-bond donors (Lipinski definition) is 1. The number of amides is 1. The van der Waals surface area contributed by atoms with E-state index in [4.69, 9.17) is 9.15 Å². The number of thiazole rings is 1. The Morgan fingerprint density at radius 1 is 1.29 bits per heavy atom. The van der Waals surface area contributed by atoms with Crippen molar-refractivity contribution in [1.82, 2.24) is 4.98 Å². The summed E-state index contributed by atoms with van der Waals surface area (Å²) in [6, 6.07) is 5.75. The van der Waals surface area contributed by atoms with E-state index < -0.39 is 18.0 Å². The van der Waals surface area contributed by atoms with Crippen molar-refractivity contribution in [2.45, 2.75) is 52.1 Å². The van der Waals surface area contributed by atoms with Crippen LogP contribution in [0.2, 0.25) is 0 Å². The largest absolute Gasteiger partial charge is 0.462 e. The van der Waals surface area contributed by atoms with Gasteiger partial charge < -0.3 is 14.5 Å². The number of nitriles is 1. The molecule has 1 atom stereocenters. The van der Waals surface area contributed by atoms with Gasteiger partial charge in [-0.1, -0.05) is 6.42 Å². The molecule has 0 fully saturated rings. The Morgan fingerprint density at radius 3 is 2.84 bits per heavy atom. The van der Waals surface area contributed by atoms with Crippen LogP contribution in [0.3, 0.4) is 0 Å². The smallest absolute Gasteiger partial charge is 0.358 e. The number of aryl methyl sites for hydroxylation is 2. The summed E-state index contributed by atoms with van der Waals surface area (Å²) in [7, 11) is 0. The van der Waals surface area contributed by atoms with E-state index in [1.165, 1.54) is 35.9 Å². The molecule has 1 amide bonds. The molecule has 1 aliphatic carbocycles. The molecular weight excluding hydrogens is 434 g/mol. The van der Waals surface area contributed by atoms with Crippen molar-refractivity contribution in [3.8, 4) is 16.8 Å². The topological polar surface area (TPSA) is 105 Å². The standard InChI is InChI=1S/C22H21N3O4S2/c1-12(29-22(27)18-13(2)30-21(24-18)16-8-6-10-28-16)19(26)25-20-15(11-23)14-7-4-3-5-9-17(14)31-20/h6,8,10,12H,3-5,7,9H2,1-2H3,(H,25,26). The number of rotatable bonds is 5. The van der Waals surface area contributed by atoms with Gasteiger partial charge in [-0.2, -0.15) is 5.26 Å². The van der Waals surface area contributed by atoms with Crippen LogP contribution in [0, 0.1) is 18.3 Å². The first-order valence-corrected chi connectivity index (χ1v) is 11.7. The SMILES string of the molecule is Cc1sc(-c2ccco2)nc1C(=O)OC(C)C(=O)Nc1sc2c(c1C#N)CCCCC2. The molecule has 1 aliphatic rings. The summed E-state index contributed by atoms with van der Waals surface area (Å²) in [5, 5.41) is 13.5. The van der Waals surface area contributed by atoms with E-state index in [0.29, 0.717) is 26.2 Å². The number of carbonyl (C=O) groups is 2. The molecule has 1 N–H and O–H groups in total. The van der Waals surface area contributed by atoms with Gasteiger partial charge in [-0.05, 0) is 57.2 Å². The third-order valence-corrected chi connectivity index (χ3v) is 7.34. The van der Waals surface area contributed by atoms with E-state index >= 15 is 0 Å². The lowest BCUT2D eigenvalue weighted by molar-refractivity contribution is -0.123. The van der Waals surface area contributed by atoms with Crippen LogP contribution >= 0.6 is 22.7 Å². The normalized spacial score (nSPS) is 14.2. The third kappa shape index (κ3) is 4.40. The van der Waals surface area contributed by atoms with Crippen LogP contribution in [0.5, 0.6) is 0 Å². The van der Waals surface area contributed by atoms with E-state index in [0.717, 1.165) is 42.5 Å². The Labute approximate surface area is 187 Å². The zero-order valence-electron chi connectivity index (χ0n) is 17.2. The van der Waals surface area contributed by atoms with E-state index in [1.54, 1.807) is 19.1 Å². The van der Waals surface area contributed by atoms with Gasteiger partial charge in [0.25, 0.3) is 5.91 Å². The lowest BCUT2D eigenvalue weighted by Crippen LogP contribution is -2.30. The average molecular weight is 456 g/mol. The second-order valence-electron chi connectivity index (χ2n) is 7.32. The van der Waals surface area contributed by atoms with Gasteiger partial charge in [0.05, 0.1) is 11.8 Å². The number of thiophene rings is 1. The highest BCUT2D eigenvalue weighted by molar-refractivity contribution is 7.16. The molecule has 0 saturated carbocycles. The molecule has 0 aromatic carbocycles. The van der Waals surface area contributed by atoms with Crippen LogP contribution in [0.4, 0.5) is 5.00 Å². The van der Waals surface area contributed by atoms with Gasteiger partial charge in [0.15, 0.2) is 22.6 Å². The molecule has 0 spiro atoms. The van der Waals surface area contributed by atoms with Crippen LogP contribution in [0.15, 0.2) is 22.8 Å². The van der Waals surface area contributed by atoms with Gasteiger partial charge in [0.2, 0.25) is 0 Å². The van der Waals surface area contributed by atoms with Gasteiger partial charge in [-0.25, -0.2) is 9.78 Å². The Bertz CT molecular complexity index is 1150. The molecule has 0 saturated heterocycles. The molecule has 3 aromatic rings. The summed E-state index contributed by atoms with van der Waals surface area (Å²) in [4.78, 5) is 31.4. The molecular formula is C22H21N3O4S2. The van der Waals surface area contributed by atoms with Crippen molar-refractivity contribution in [3.63, 3.8) is 0 Å². The second kappa shape index (κ2) is 9.04. The second-order valence-corrected chi connectivity index (χ2v) is 9.63. The van der Waals surface area contributed by atoms with Crippen molar-refractivity contribution >= 4 is 39.6 Å². The van der Waals surface area contributed by atoms with Gasteiger partial charge >= 0.3 is 5.97 Å². The molecule has 3 heterocycles. The van der Waals surface area contributed by atoms with Crippen LogP contribution in [-0.2, 0) is 22.4 Å². The van der Waals surface area contributed by atoms with Crippen molar-refractivity contribution < 1.29 is 18.7 Å². The Balaban J connectivity index is 1.45. The number of fused-ring (bicyclic) bond motifs is 1. The summed E-state index contributed by atoms with van der Waals surface area (Å²) in [6.45, 7) is 3.27. The fraction of sp³-hybridized carbons (Fsp3) is 0.364. The minimum atomic E-state index is -1.03. The molecule has 9 heteroatoms. The molecule has 0 aliphatic heterocycles. The first-order chi connectivity index (χ1) is 15.0. The van der Waals surface area contributed by atoms with Crippen molar-refractivity contribution in [2.24, 2.45) is 0 Å². The van der Waals surface area contributed by atoms with E-state index in [1.807, 2.05) is 0 Å². The first kappa shape index (κ1) is 21.3. The number of esters is 1. The Hall–Kier alpha value is -2.96. The number of anilines is 1. The number of ether oxygens (including phenoxy) is 1. The van der Waals surface area contributed by atoms with Crippen molar-refractivity contribution in [2.75, 3.05) is 5.32 Å². The zero-order chi connectivity index (χ0) is 22.0. The minimum Gasteiger partial charge on any atom is -0.462 e. The van der Waals surface area contributed by atoms with Crippen LogP contribution in [0.1, 0.15) is 57.6 Å². The predicted octanol–water partition coefficient (Wildman–Crippen LogP) is 5.10. The lowest BCUT2D eigenvalue weighted by atomic mass is 10.1. The first-order valence-electron chi connectivity index (χ1n) is 10.1. The van der Waals surface area contributed by atoms with E-state index in [-0.39, 0.29) is 5.69 Å². The van der Waals surface area contributed by atoms with Crippen LogP contribution in [-0.4, -0.2) is 23.0 Å². The fourth-order valence-corrected chi connectivity index (χ4v) is 5.64. The maximum absolute atomic E-state index is 12.7. The van der Waals surface area contributed by atoms with Crippen molar-refractivity contribution in [1.29, 1.82) is 5.26 Å². The molecule has 7 nitrogen and oxygen atoms in total. The molecule has 0 bridgehead atoms. The highest BCUT2D eigenvalue weighted by Crippen LogP contribution is 2.37. The number of aromatic nitrogens is 1. The molecule has 31 heavy (non-hydrogen) atoms. The Kier molecular flexibility index (Phi) is 6.20. The zero-order valence-corrected chi connectivity index (χ0v) is 18.8. The monoisotopic (exact) mass is 455 g/mol. The number of carbonyl (C=O) groups excluding carboxylic acids is 2. The average Bonchev–Trinajstić information content (AvgIpc) is 3.44. The van der Waals surface area contributed by atoms with Gasteiger partial charge in [-0.15, -0.1) is 22.7 Å². The van der Waals surface area contributed by atoms with E-state index in [2.05, 4.69) is 16.4 Å². The van der Waals surface area contributed by atoms with Gasteiger partial charge in [-0.3, -0.25) is 4.79 Å². The van der Waals surface area contributed by atoms with Gasteiger partial charge in [0.1, 0.15) is 11.1 Å². The quantitative estimate of drug-likeness (QED) is 0.424. The van der Waals surface area contributed by atoms with Crippen LogP contribution in [0.25, 0.3) is 10.8 Å². The highest BCUT2D eigenvalue weighted by Gasteiger charge is 2.26. The minimum absolute atomic E-state index is 0.164. The Morgan fingerprint density at radius 2 is 2.10 bits per heavy atom. The lowest BCUT2D eigenvalue weighted by Gasteiger charge is -2.12. The molecule has 0 radical (unpaired) electrons. The predicted molar refractivity (Wildman–Crippen MR) is 118 cm³/mol.